The Labute approximate surface area is 229 Å². The first kappa shape index (κ1) is 23.5. The predicted molar refractivity (Wildman–Crippen MR) is 157 cm³/mol. The maximum Gasteiger partial charge on any atom is 0.213 e. The van der Waals surface area contributed by atoms with Crippen LogP contribution in [0.3, 0.4) is 0 Å². The first-order valence-corrected chi connectivity index (χ1v) is 15.8. The van der Waals surface area contributed by atoms with Gasteiger partial charge in [0.25, 0.3) is 0 Å². The summed E-state index contributed by atoms with van der Waals surface area (Å²) in [5.74, 6) is 3.17. The van der Waals surface area contributed by atoms with Crippen molar-refractivity contribution in [1.82, 2.24) is 0 Å². The summed E-state index contributed by atoms with van der Waals surface area (Å²) in [6.07, 6.45) is 15.9. The number of pyridine rings is 1. The van der Waals surface area contributed by atoms with Crippen molar-refractivity contribution in [3.63, 3.8) is 0 Å². The summed E-state index contributed by atoms with van der Waals surface area (Å²) in [5, 5.41) is 0. The molecule has 2 atom stereocenters. The Morgan fingerprint density at radius 2 is 1.18 bits per heavy atom. The average Bonchev–Trinajstić information content (AvgIpc) is 3.00. The fraction of sp³-hybridized carbons (Fsp3) is 0.541. The van der Waals surface area contributed by atoms with Gasteiger partial charge in [-0.1, -0.05) is 38.1 Å². The van der Waals surface area contributed by atoms with E-state index in [2.05, 4.69) is 80.9 Å². The Kier molecular flexibility index (Phi) is 4.98. The third kappa shape index (κ3) is 2.92. The van der Waals surface area contributed by atoms with Crippen LogP contribution in [0.25, 0.3) is 22.4 Å². The lowest BCUT2D eigenvalue weighted by atomic mass is 9.58. The van der Waals surface area contributed by atoms with Crippen LogP contribution < -0.4 is 4.57 Å². The molecule has 1 aliphatic heterocycles. The smallest absolute Gasteiger partial charge is 0.192 e. The Morgan fingerprint density at radius 3 is 1.79 bits per heavy atom. The lowest BCUT2D eigenvalue weighted by molar-refractivity contribution is -0.765. The number of rotatable bonds is 3. The van der Waals surface area contributed by atoms with E-state index in [9.17, 15) is 0 Å². The van der Waals surface area contributed by atoms with Crippen molar-refractivity contribution in [3.8, 4) is 22.4 Å². The normalized spacial score (nSPS) is 33.9. The van der Waals surface area contributed by atoms with Gasteiger partial charge >= 0.3 is 0 Å². The summed E-state index contributed by atoms with van der Waals surface area (Å²) in [5.41, 5.74) is 14.3. The van der Waals surface area contributed by atoms with Crippen LogP contribution in [0.15, 0.2) is 48.7 Å². The molecule has 1 aromatic heterocycles. The molecule has 1 nitrogen and oxygen atoms in total. The van der Waals surface area contributed by atoms with E-state index in [-0.39, 0.29) is 11.0 Å². The zero-order valence-electron chi connectivity index (χ0n) is 23.9. The molecule has 2 heterocycles. The third-order valence-electron chi connectivity index (χ3n) is 12.8. The molecule has 1 heteroatoms. The van der Waals surface area contributed by atoms with Gasteiger partial charge in [-0.05, 0) is 133 Å². The molecule has 10 rings (SSSR count). The fourth-order valence-electron chi connectivity index (χ4n) is 9.92. The van der Waals surface area contributed by atoms with Crippen molar-refractivity contribution in [2.75, 3.05) is 0 Å². The molecule has 2 saturated carbocycles. The van der Waals surface area contributed by atoms with E-state index in [1.807, 2.05) is 0 Å². The molecule has 0 radical (unpaired) electrons. The van der Waals surface area contributed by atoms with Crippen LogP contribution in [-0.4, -0.2) is 0 Å². The molecule has 2 aromatic carbocycles. The van der Waals surface area contributed by atoms with Crippen LogP contribution in [0, 0.1) is 0 Å². The molecule has 2 fully saturated rings. The molecule has 6 aliphatic carbocycles. The molecule has 4 bridgehead atoms. The van der Waals surface area contributed by atoms with E-state index in [0.29, 0.717) is 0 Å². The lowest BCUT2D eigenvalue weighted by Crippen LogP contribution is -2.67. The quantitative estimate of drug-likeness (QED) is 0.314. The van der Waals surface area contributed by atoms with Gasteiger partial charge in [0, 0.05) is 25.5 Å². The first-order valence-electron chi connectivity index (χ1n) is 15.8. The largest absolute Gasteiger partial charge is 0.213 e. The fourth-order valence-corrected chi connectivity index (χ4v) is 9.92. The van der Waals surface area contributed by atoms with Gasteiger partial charge in [0.15, 0.2) is 11.7 Å². The van der Waals surface area contributed by atoms with Crippen molar-refractivity contribution < 1.29 is 4.57 Å². The van der Waals surface area contributed by atoms with E-state index in [1.165, 1.54) is 80.2 Å². The number of aromatic nitrogens is 1. The van der Waals surface area contributed by atoms with E-state index in [0.717, 1.165) is 30.1 Å². The highest BCUT2D eigenvalue weighted by atomic mass is 15.1. The Hall–Kier alpha value is -2.41. The van der Waals surface area contributed by atoms with Crippen LogP contribution in [-0.2, 0) is 11.0 Å². The van der Waals surface area contributed by atoms with Gasteiger partial charge in [-0.25, -0.2) is 0 Å². The van der Waals surface area contributed by atoms with Crippen LogP contribution in [0.5, 0.6) is 0 Å². The Morgan fingerprint density at radius 1 is 0.632 bits per heavy atom. The summed E-state index contributed by atoms with van der Waals surface area (Å²) in [6, 6.07) is 17.8. The van der Waals surface area contributed by atoms with E-state index in [1.54, 1.807) is 27.8 Å². The van der Waals surface area contributed by atoms with E-state index in [4.69, 9.17) is 0 Å². The summed E-state index contributed by atoms with van der Waals surface area (Å²) in [6.45, 7) is 9.92. The molecule has 3 aromatic rings. The minimum Gasteiger partial charge on any atom is -0.192 e. The van der Waals surface area contributed by atoms with Gasteiger partial charge in [-0.15, -0.1) is 0 Å². The molecular weight excluding hydrogens is 458 g/mol. The summed E-state index contributed by atoms with van der Waals surface area (Å²) < 4.78 is 2.68. The van der Waals surface area contributed by atoms with Crippen LogP contribution in [0.2, 0.25) is 0 Å². The monoisotopic (exact) mass is 502 g/mol. The number of hydrogen-bond donors (Lipinski definition) is 0. The van der Waals surface area contributed by atoms with Gasteiger partial charge in [0.2, 0.25) is 5.69 Å². The number of nitrogens with zero attached hydrogens (tertiary/aromatic N) is 1. The molecule has 2 unspecified atom stereocenters. The number of fused-ring (bicyclic) bond motifs is 7. The van der Waals surface area contributed by atoms with Gasteiger partial charge in [0.1, 0.15) is 0 Å². The molecule has 0 amide bonds. The van der Waals surface area contributed by atoms with Gasteiger partial charge < -0.3 is 0 Å². The zero-order chi connectivity index (χ0) is 25.8. The minimum absolute atomic E-state index is 0.0551. The maximum absolute atomic E-state index is 2.71. The van der Waals surface area contributed by atoms with Gasteiger partial charge in [-0.2, -0.15) is 4.57 Å². The van der Waals surface area contributed by atoms with Crippen molar-refractivity contribution in [1.29, 1.82) is 0 Å². The first-order chi connectivity index (χ1) is 18.4. The third-order valence-corrected chi connectivity index (χ3v) is 12.8. The molecular formula is C37H44N+. The van der Waals surface area contributed by atoms with Crippen LogP contribution in [0.4, 0.5) is 0 Å². The summed E-state index contributed by atoms with van der Waals surface area (Å²) >= 11 is 0. The summed E-state index contributed by atoms with van der Waals surface area (Å²) in [7, 11) is 0. The number of benzene rings is 2. The molecule has 38 heavy (non-hydrogen) atoms. The average molecular weight is 503 g/mol. The molecule has 0 N–H and O–H groups in total. The zero-order valence-corrected chi connectivity index (χ0v) is 23.9. The van der Waals surface area contributed by atoms with Crippen molar-refractivity contribution in [2.45, 2.75) is 127 Å². The van der Waals surface area contributed by atoms with E-state index < -0.39 is 0 Å². The second-order valence-corrected chi connectivity index (χ2v) is 14.0. The summed E-state index contributed by atoms with van der Waals surface area (Å²) in [4.78, 5) is 0. The SMILES string of the molecule is CCC1(C)c2cc3c(cc2-c2cc(-c4ccc5c(c4)C4CCC5CC4)cc[n+]2C1(C)CC)C1CCC3CC1. The van der Waals surface area contributed by atoms with Crippen molar-refractivity contribution in [2.24, 2.45) is 0 Å². The molecule has 0 spiro atoms. The number of hydrogen-bond acceptors (Lipinski definition) is 0. The lowest BCUT2D eigenvalue weighted by Gasteiger charge is -2.48. The topological polar surface area (TPSA) is 3.88 Å². The standard InChI is InChI=1S/C37H44N/c1-5-36(3)34-22-32-26-13-11-25(12-14-26)31(32)21-33(34)35-20-28(17-18-38(35)37(36,4)6-2)27-15-16-29-23-7-9-24(10-8-23)30(29)19-27/h15-26H,5-14H2,1-4H3/q+1. The second-order valence-electron chi connectivity index (χ2n) is 14.0. The minimum atomic E-state index is 0.0551. The van der Waals surface area contributed by atoms with Gasteiger partial charge in [0.05, 0.1) is 11.0 Å². The molecule has 7 aliphatic rings. The van der Waals surface area contributed by atoms with Crippen LogP contribution >= 0.6 is 0 Å². The second kappa shape index (κ2) is 8.06. The Balaban J connectivity index is 1.34. The molecule has 0 saturated heterocycles. The Bertz CT molecular complexity index is 1450. The highest BCUT2D eigenvalue weighted by molar-refractivity contribution is 5.74. The highest BCUT2D eigenvalue weighted by Crippen LogP contribution is 2.56. The van der Waals surface area contributed by atoms with Crippen molar-refractivity contribution in [3.05, 3.63) is 76.5 Å². The van der Waals surface area contributed by atoms with Crippen LogP contribution in [0.1, 0.15) is 143 Å². The maximum atomic E-state index is 2.71. The van der Waals surface area contributed by atoms with Crippen molar-refractivity contribution >= 4 is 0 Å². The van der Waals surface area contributed by atoms with E-state index >= 15 is 0 Å². The molecule has 196 valence electrons. The van der Waals surface area contributed by atoms with Gasteiger partial charge in [-0.3, -0.25) is 0 Å². The highest BCUT2D eigenvalue weighted by Gasteiger charge is 2.57. The predicted octanol–water partition coefficient (Wildman–Crippen LogP) is 9.62.